The van der Waals surface area contributed by atoms with Crippen LogP contribution in [-0.4, -0.2) is 6.61 Å². The van der Waals surface area contributed by atoms with Crippen LogP contribution in [0, 0.1) is 6.07 Å². The summed E-state index contributed by atoms with van der Waals surface area (Å²) in [6, 6.07) is 19.9. The van der Waals surface area contributed by atoms with E-state index in [2.05, 4.69) is 36.4 Å². The minimum absolute atomic E-state index is 0.701. The van der Waals surface area contributed by atoms with Crippen LogP contribution in [0.4, 0.5) is 0 Å². The van der Waals surface area contributed by atoms with Crippen molar-refractivity contribution in [2.75, 3.05) is 6.61 Å². The summed E-state index contributed by atoms with van der Waals surface area (Å²) in [4.78, 5) is 0. The average molecular weight is 221 g/mol. The highest BCUT2D eigenvalue weighted by Crippen LogP contribution is 2.25. The summed E-state index contributed by atoms with van der Waals surface area (Å²) in [7, 11) is 0. The minimum atomic E-state index is 0.701. The topological polar surface area (TPSA) is 9.23 Å². The van der Waals surface area contributed by atoms with E-state index in [1.54, 1.807) is 0 Å². The van der Waals surface area contributed by atoms with Crippen LogP contribution in [-0.2, 0) is 0 Å². The van der Waals surface area contributed by atoms with Crippen LogP contribution in [0.1, 0.15) is 6.92 Å². The van der Waals surface area contributed by atoms with Crippen molar-refractivity contribution < 1.29 is 4.74 Å². The van der Waals surface area contributed by atoms with E-state index in [-0.39, 0.29) is 0 Å². The molecule has 17 heavy (non-hydrogen) atoms. The van der Waals surface area contributed by atoms with Crippen molar-refractivity contribution in [3.8, 4) is 5.75 Å². The fraction of sp³-hybridized carbons (Fsp3) is 0.125. The molecule has 1 nitrogen and oxygen atoms in total. The van der Waals surface area contributed by atoms with Crippen molar-refractivity contribution in [1.82, 2.24) is 0 Å². The molecule has 0 aliphatic carbocycles. The maximum absolute atomic E-state index is 5.52. The van der Waals surface area contributed by atoms with Crippen molar-refractivity contribution in [2.24, 2.45) is 0 Å². The fourth-order valence-corrected chi connectivity index (χ4v) is 2.10. The number of rotatable bonds is 2. The Labute approximate surface area is 101 Å². The molecule has 0 aliphatic heterocycles. The molecular weight excluding hydrogens is 208 g/mol. The Morgan fingerprint density at radius 2 is 1.94 bits per heavy atom. The lowest BCUT2D eigenvalue weighted by atomic mass is 10.0. The summed E-state index contributed by atoms with van der Waals surface area (Å²) in [5.41, 5.74) is 0. The zero-order chi connectivity index (χ0) is 11.7. The fourth-order valence-electron chi connectivity index (χ4n) is 2.10. The van der Waals surface area contributed by atoms with Crippen molar-refractivity contribution in [1.29, 1.82) is 0 Å². The molecule has 0 bridgehead atoms. The summed E-state index contributed by atoms with van der Waals surface area (Å²) in [6.07, 6.45) is 0. The first kappa shape index (κ1) is 10.2. The largest absolute Gasteiger partial charge is 0.494 e. The third-order valence-corrected chi connectivity index (χ3v) is 2.90. The normalized spacial score (nSPS) is 10.9. The Morgan fingerprint density at radius 1 is 1.00 bits per heavy atom. The van der Waals surface area contributed by atoms with Gasteiger partial charge in [0.1, 0.15) is 5.75 Å². The Bertz CT molecular complexity index is 670. The van der Waals surface area contributed by atoms with Gasteiger partial charge < -0.3 is 4.74 Å². The Kier molecular flexibility index (Phi) is 2.45. The molecule has 0 atom stereocenters. The third kappa shape index (κ3) is 1.84. The van der Waals surface area contributed by atoms with Gasteiger partial charge in [-0.15, -0.1) is 0 Å². The summed E-state index contributed by atoms with van der Waals surface area (Å²) in [5, 5.41) is 4.81. The first-order valence-electron chi connectivity index (χ1n) is 5.84. The van der Waals surface area contributed by atoms with Gasteiger partial charge in [0.2, 0.25) is 0 Å². The zero-order valence-electron chi connectivity index (χ0n) is 9.73. The second-order valence-corrected chi connectivity index (χ2v) is 4.05. The van der Waals surface area contributed by atoms with Gasteiger partial charge in [0, 0.05) is 0 Å². The lowest BCUT2D eigenvalue weighted by Crippen LogP contribution is -1.90. The molecule has 1 heteroatoms. The maximum atomic E-state index is 5.52. The molecule has 0 saturated heterocycles. The second kappa shape index (κ2) is 4.10. The lowest BCUT2D eigenvalue weighted by molar-refractivity contribution is 0.341. The van der Waals surface area contributed by atoms with Crippen LogP contribution in [0.5, 0.6) is 5.75 Å². The molecule has 3 aromatic rings. The Hall–Kier alpha value is -2.02. The van der Waals surface area contributed by atoms with Crippen molar-refractivity contribution in [3.63, 3.8) is 0 Å². The highest BCUT2D eigenvalue weighted by Gasteiger charge is 1.99. The van der Waals surface area contributed by atoms with Gasteiger partial charge in [-0.1, -0.05) is 24.3 Å². The van der Waals surface area contributed by atoms with E-state index >= 15 is 0 Å². The molecular formula is C16H13O. The number of ether oxygens (including phenoxy) is 1. The van der Waals surface area contributed by atoms with Gasteiger partial charge in [-0.3, -0.25) is 0 Å². The molecule has 0 amide bonds. The van der Waals surface area contributed by atoms with Crippen LogP contribution in [0.15, 0.2) is 48.5 Å². The molecule has 0 fully saturated rings. The van der Waals surface area contributed by atoms with Crippen LogP contribution in [0.25, 0.3) is 21.5 Å². The van der Waals surface area contributed by atoms with Crippen LogP contribution < -0.4 is 4.74 Å². The molecule has 0 aliphatic rings. The first-order valence-corrected chi connectivity index (χ1v) is 5.84. The smallest absolute Gasteiger partial charge is 0.119 e. The highest BCUT2D eigenvalue weighted by atomic mass is 16.5. The van der Waals surface area contributed by atoms with E-state index in [0.717, 1.165) is 11.1 Å². The molecule has 3 rings (SSSR count). The molecule has 1 radical (unpaired) electrons. The van der Waals surface area contributed by atoms with Crippen molar-refractivity contribution in [3.05, 3.63) is 54.6 Å². The molecule has 0 spiro atoms. The van der Waals surface area contributed by atoms with E-state index in [0.29, 0.717) is 6.61 Å². The van der Waals surface area contributed by atoms with Crippen LogP contribution in [0.3, 0.4) is 0 Å². The second-order valence-electron chi connectivity index (χ2n) is 4.05. The molecule has 83 valence electrons. The van der Waals surface area contributed by atoms with Crippen LogP contribution in [0.2, 0.25) is 0 Å². The quantitative estimate of drug-likeness (QED) is 0.589. The number of hydrogen-bond acceptors (Lipinski definition) is 1. The third-order valence-electron chi connectivity index (χ3n) is 2.90. The Morgan fingerprint density at radius 3 is 2.82 bits per heavy atom. The molecule has 0 N–H and O–H groups in total. The molecule has 0 unspecified atom stereocenters. The van der Waals surface area contributed by atoms with E-state index in [4.69, 9.17) is 4.74 Å². The standard InChI is InChI=1S/C16H13O/c1-2-17-16-8-7-14-9-12-5-3-4-6-13(12)10-15(14)11-16/h3-4,6-11H,2H2,1H3. The van der Waals surface area contributed by atoms with Gasteiger partial charge in [-0.25, -0.2) is 0 Å². The number of fused-ring (bicyclic) bond motifs is 2. The summed E-state index contributed by atoms with van der Waals surface area (Å²) >= 11 is 0. The highest BCUT2D eigenvalue weighted by molar-refractivity contribution is 5.98. The van der Waals surface area contributed by atoms with Gasteiger partial charge in [-0.05, 0) is 58.8 Å². The first-order chi connectivity index (χ1) is 8.36. The summed E-state index contributed by atoms with van der Waals surface area (Å²) < 4.78 is 5.52. The zero-order valence-corrected chi connectivity index (χ0v) is 9.73. The monoisotopic (exact) mass is 221 g/mol. The van der Waals surface area contributed by atoms with Gasteiger partial charge in [0.05, 0.1) is 6.61 Å². The lowest BCUT2D eigenvalue weighted by Gasteiger charge is -2.06. The maximum Gasteiger partial charge on any atom is 0.119 e. The van der Waals surface area contributed by atoms with Gasteiger partial charge in [0.25, 0.3) is 0 Å². The van der Waals surface area contributed by atoms with Crippen molar-refractivity contribution in [2.45, 2.75) is 6.92 Å². The van der Waals surface area contributed by atoms with E-state index < -0.39 is 0 Å². The average Bonchev–Trinajstić information content (AvgIpc) is 2.36. The van der Waals surface area contributed by atoms with Gasteiger partial charge in [0.15, 0.2) is 0 Å². The summed E-state index contributed by atoms with van der Waals surface area (Å²) in [5.74, 6) is 0.930. The number of benzene rings is 3. The Balaban J connectivity index is 2.25. The minimum Gasteiger partial charge on any atom is -0.494 e. The van der Waals surface area contributed by atoms with Gasteiger partial charge in [-0.2, -0.15) is 0 Å². The SMILES string of the molecule is CCOc1ccc2cc3[c]cccc3cc2c1. The number of hydrogen-bond donors (Lipinski definition) is 0. The van der Waals surface area contributed by atoms with E-state index in [1.807, 2.05) is 25.1 Å². The van der Waals surface area contributed by atoms with Crippen LogP contribution >= 0.6 is 0 Å². The molecule has 0 saturated carbocycles. The van der Waals surface area contributed by atoms with Crippen molar-refractivity contribution >= 4 is 21.5 Å². The molecule has 0 heterocycles. The van der Waals surface area contributed by atoms with E-state index in [9.17, 15) is 0 Å². The predicted octanol–water partition coefficient (Wildman–Crippen LogP) is 4.19. The van der Waals surface area contributed by atoms with E-state index in [1.165, 1.54) is 16.2 Å². The molecule has 0 aromatic heterocycles. The molecule has 3 aromatic carbocycles. The van der Waals surface area contributed by atoms with Gasteiger partial charge >= 0.3 is 0 Å². The predicted molar refractivity (Wildman–Crippen MR) is 71.5 cm³/mol. The summed E-state index contributed by atoms with van der Waals surface area (Å²) in [6.45, 7) is 2.70.